The van der Waals surface area contributed by atoms with Gasteiger partial charge in [-0.15, -0.1) is 10.2 Å². The quantitative estimate of drug-likeness (QED) is 0.534. The number of carbonyl (C=O) groups excluding carboxylic acids is 1. The molecule has 6 heteroatoms. The van der Waals surface area contributed by atoms with Gasteiger partial charge >= 0.3 is 0 Å². The van der Waals surface area contributed by atoms with Crippen LogP contribution in [0.3, 0.4) is 0 Å². The van der Waals surface area contributed by atoms with Crippen LogP contribution in [0.5, 0.6) is 5.75 Å². The van der Waals surface area contributed by atoms with Crippen LogP contribution in [0.1, 0.15) is 15.9 Å². The van der Waals surface area contributed by atoms with E-state index in [2.05, 4.69) is 15.5 Å². The van der Waals surface area contributed by atoms with E-state index >= 15 is 0 Å². The summed E-state index contributed by atoms with van der Waals surface area (Å²) in [6.07, 6.45) is 0. The van der Waals surface area contributed by atoms with Crippen LogP contribution in [-0.2, 0) is 6.54 Å². The number of ether oxygens (including phenoxy) is 1. The molecule has 1 heterocycles. The SMILES string of the molecule is COc1ccc(CNC(=O)c2ccc(-c3nnc(-c4ccccc4)o3)cc2)cc1. The Bertz CT molecular complexity index is 1090. The van der Waals surface area contributed by atoms with Gasteiger partial charge in [0, 0.05) is 23.2 Å². The zero-order valence-corrected chi connectivity index (χ0v) is 15.8. The van der Waals surface area contributed by atoms with E-state index in [1.165, 1.54) is 0 Å². The fraction of sp³-hybridized carbons (Fsp3) is 0.0870. The van der Waals surface area contributed by atoms with Crippen molar-refractivity contribution in [3.8, 4) is 28.7 Å². The largest absolute Gasteiger partial charge is 0.497 e. The van der Waals surface area contributed by atoms with Crippen molar-refractivity contribution >= 4 is 5.91 Å². The number of carbonyl (C=O) groups is 1. The van der Waals surface area contributed by atoms with Gasteiger partial charge in [0.1, 0.15) is 5.75 Å². The highest BCUT2D eigenvalue weighted by atomic mass is 16.5. The first kappa shape index (κ1) is 18.4. The number of methoxy groups -OCH3 is 1. The molecule has 1 amide bonds. The minimum atomic E-state index is -0.150. The molecule has 0 saturated carbocycles. The second kappa shape index (κ2) is 8.39. The zero-order valence-electron chi connectivity index (χ0n) is 15.8. The van der Waals surface area contributed by atoms with Crippen molar-refractivity contribution in [3.63, 3.8) is 0 Å². The van der Waals surface area contributed by atoms with Crippen molar-refractivity contribution in [3.05, 3.63) is 90.0 Å². The molecule has 1 N–H and O–H groups in total. The van der Waals surface area contributed by atoms with Gasteiger partial charge in [-0.05, 0) is 54.1 Å². The van der Waals surface area contributed by atoms with E-state index in [-0.39, 0.29) is 5.91 Å². The monoisotopic (exact) mass is 385 g/mol. The summed E-state index contributed by atoms with van der Waals surface area (Å²) in [5.41, 5.74) is 3.17. The Labute approximate surface area is 168 Å². The molecule has 0 aliphatic rings. The number of rotatable bonds is 6. The molecule has 6 nitrogen and oxygen atoms in total. The summed E-state index contributed by atoms with van der Waals surface area (Å²) in [6.45, 7) is 0.439. The van der Waals surface area contributed by atoms with Crippen molar-refractivity contribution < 1.29 is 13.9 Å². The highest BCUT2D eigenvalue weighted by molar-refractivity contribution is 5.94. The first-order valence-corrected chi connectivity index (χ1v) is 9.13. The summed E-state index contributed by atoms with van der Waals surface area (Å²) in [5, 5.41) is 11.1. The number of hydrogen-bond donors (Lipinski definition) is 1. The summed E-state index contributed by atoms with van der Waals surface area (Å²) >= 11 is 0. The van der Waals surface area contributed by atoms with Gasteiger partial charge in [0.2, 0.25) is 11.8 Å². The third-order valence-corrected chi connectivity index (χ3v) is 4.45. The molecule has 0 bridgehead atoms. The van der Waals surface area contributed by atoms with Crippen LogP contribution in [0.4, 0.5) is 0 Å². The van der Waals surface area contributed by atoms with E-state index < -0.39 is 0 Å². The molecular formula is C23H19N3O3. The van der Waals surface area contributed by atoms with Crippen LogP contribution in [0.2, 0.25) is 0 Å². The molecule has 1 aromatic heterocycles. The number of hydrogen-bond acceptors (Lipinski definition) is 5. The lowest BCUT2D eigenvalue weighted by atomic mass is 10.1. The fourth-order valence-corrected chi connectivity index (χ4v) is 2.83. The third kappa shape index (κ3) is 4.32. The summed E-state index contributed by atoms with van der Waals surface area (Å²) in [6, 6.07) is 24.2. The van der Waals surface area contributed by atoms with Crippen molar-refractivity contribution in [2.75, 3.05) is 7.11 Å². The molecule has 144 valence electrons. The molecule has 29 heavy (non-hydrogen) atoms. The predicted octanol–water partition coefficient (Wildman–Crippen LogP) is 4.34. The van der Waals surface area contributed by atoms with Crippen LogP contribution in [0, 0.1) is 0 Å². The highest BCUT2D eigenvalue weighted by Crippen LogP contribution is 2.24. The van der Waals surface area contributed by atoms with Gasteiger partial charge in [0.15, 0.2) is 0 Å². The Hall–Kier alpha value is -3.93. The molecule has 0 aliphatic heterocycles. The number of amides is 1. The average Bonchev–Trinajstić information content (AvgIpc) is 3.29. The molecule has 0 radical (unpaired) electrons. The Morgan fingerprint density at radius 3 is 2.10 bits per heavy atom. The Kier molecular flexibility index (Phi) is 5.33. The second-order valence-electron chi connectivity index (χ2n) is 6.39. The lowest BCUT2D eigenvalue weighted by molar-refractivity contribution is 0.0951. The van der Waals surface area contributed by atoms with Gasteiger partial charge < -0.3 is 14.5 Å². The molecule has 4 rings (SSSR count). The van der Waals surface area contributed by atoms with Crippen molar-refractivity contribution in [2.24, 2.45) is 0 Å². The lowest BCUT2D eigenvalue weighted by Gasteiger charge is -2.07. The van der Waals surface area contributed by atoms with Gasteiger partial charge in [-0.2, -0.15) is 0 Å². The minimum absolute atomic E-state index is 0.150. The average molecular weight is 385 g/mol. The normalized spacial score (nSPS) is 10.5. The van der Waals surface area contributed by atoms with Crippen LogP contribution in [-0.4, -0.2) is 23.2 Å². The molecule has 4 aromatic rings. The zero-order chi connectivity index (χ0) is 20.1. The predicted molar refractivity (Wildman–Crippen MR) is 109 cm³/mol. The molecule has 0 atom stereocenters. The van der Waals surface area contributed by atoms with Crippen molar-refractivity contribution in [2.45, 2.75) is 6.54 Å². The van der Waals surface area contributed by atoms with Crippen molar-refractivity contribution in [1.82, 2.24) is 15.5 Å². The first-order valence-electron chi connectivity index (χ1n) is 9.13. The second-order valence-corrected chi connectivity index (χ2v) is 6.39. The number of aromatic nitrogens is 2. The maximum absolute atomic E-state index is 12.4. The van der Waals surface area contributed by atoms with Gasteiger partial charge in [-0.25, -0.2) is 0 Å². The summed E-state index contributed by atoms with van der Waals surface area (Å²) < 4.78 is 10.9. The third-order valence-electron chi connectivity index (χ3n) is 4.45. The smallest absolute Gasteiger partial charge is 0.251 e. The van der Waals surface area contributed by atoms with Crippen LogP contribution in [0.25, 0.3) is 22.9 Å². The lowest BCUT2D eigenvalue weighted by Crippen LogP contribution is -2.22. The molecule has 0 aliphatic carbocycles. The fourth-order valence-electron chi connectivity index (χ4n) is 2.83. The van der Waals surface area contributed by atoms with E-state index in [0.29, 0.717) is 23.9 Å². The molecule has 0 fully saturated rings. The van der Waals surface area contributed by atoms with E-state index in [1.807, 2.05) is 54.6 Å². The van der Waals surface area contributed by atoms with Gasteiger partial charge in [-0.3, -0.25) is 4.79 Å². The maximum atomic E-state index is 12.4. The Morgan fingerprint density at radius 2 is 1.48 bits per heavy atom. The van der Waals surface area contributed by atoms with Crippen LogP contribution >= 0.6 is 0 Å². The molecule has 3 aromatic carbocycles. The Balaban J connectivity index is 1.41. The number of nitrogens with one attached hydrogen (secondary N) is 1. The summed E-state index contributed by atoms with van der Waals surface area (Å²) in [4.78, 5) is 12.4. The van der Waals surface area contributed by atoms with Gasteiger partial charge in [0.25, 0.3) is 5.91 Å². The first-order chi connectivity index (χ1) is 14.2. The molecule has 0 spiro atoms. The Morgan fingerprint density at radius 1 is 0.862 bits per heavy atom. The number of benzene rings is 3. The van der Waals surface area contributed by atoms with Crippen LogP contribution in [0.15, 0.2) is 83.3 Å². The highest BCUT2D eigenvalue weighted by Gasteiger charge is 2.11. The van der Waals surface area contributed by atoms with Crippen molar-refractivity contribution in [1.29, 1.82) is 0 Å². The minimum Gasteiger partial charge on any atom is -0.497 e. The molecule has 0 unspecified atom stereocenters. The topological polar surface area (TPSA) is 77.2 Å². The standard InChI is InChI=1S/C23H19N3O3/c1-28-20-13-7-16(8-14-20)15-24-21(27)17-9-11-19(12-10-17)23-26-25-22(29-23)18-5-3-2-4-6-18/h2-14H,15H2,1H3,(H,24,27). The van der Waals surface area contributed by atoms with Gasteiger partial charge in [0.05, 0.1) is 7.11 Å². The summed E-state index contributed by atoms with van der Waals surface area (Å²) in [7, 11) is 1.62. The summed E-state index contributed by atoms with van der Waals surface area (Å²) in [5.74, 6) is 1.51. The van der Waals surface area contributed by atoms with E-state index in [4.69, 9.17) is 9.15 Å². The number of nitrogens with zero attached hydrogens (tertiary/aromatic N) is 2. The molecular weight excluding hydrogens is 366 g/mol. The van der Waals surface area contributed by atoms with E-state index in [9.17, 15) is 4.79 Å². The van der Waals surface area contributed by atoms with Crippen LogP contribution < -0.4 is 10.1 Å². The van der Waals surface area contributed by atoms with Gasteiger partial charge in [-0.1, -0.05) is 30.3 Å². The maximum Gasteiger partial charge on any atom is 0.251 e. The van der Waals surface area contributed by atoms with E-state index in [1.54, 1.807) is 31.4 Å². The van der Waals surface area contributed by atoms with E-state index in [0.717, 1.165) is 22.4 Å². The molecule has 0 saturated heterocycles.